The molecule has 0 unspecified atom stereocenters. The smallest absolute Gasteiger partial charge is 0.239 e. The fourth-order valence-corrected chi connectivity index (χ4v) is 2.29. The number of rotatable bonds is 8. The van der Waals surface area contributed by atoms with Gasteiger partial charge in [0.2, 0.25) is 5.91 Å². The Morgan fingerprint density at radius 1 is 1.25 bits per heavy atom. The second-order valence-electron chi connectivity index (χ2n) is 5.34. The third-order valence-electron chi connectivity index (χ3n) is 3.34. The van der Waals surface area contributed by atoms with Crippen molar-refractivity contribution in [3.63, 3.8) is 0 Å². The highest BCUT2D eigenvalue weighted by Gasteiger charge is 2.05. The topological polar surface area (TPSA) is 70.6 Å². The first kappa shape index (κ1) is 18.1. The minimum Gasteiger partial charge on any atom is -0.492 e. The van der Waals surface area contributed by atoms with Crippen molar-refractivity contribution in [1.82, 2.24) is 5.32 Å². The van der Waals surface area contributed by atoms with Crippen molar-refractivity contribution in [2.75, 3.05) is 25.0 Å². The van der Waals surface area contributed by atoms with Crippen LogP contribution < -0.4 is 15.4 Å². The Balaban J connectivity index is 1.70. The number of carbonyl (C=O) groups excluding carboxylic acids is 1. The molecule has 24 heavy (non-hydrogen) atoms. The van der Waals surface area contributed by atoms with Crippen molar-refractivity contribution in [2.24, 2.45) is 0 Å². The number of aryl methyl sites for hydroxylation is 1. The first-order chi connectivity index (χ1) is 11.6. The van der Waals surface area contributed by atoms with Gasteiger partial charge >= 0.3 is 0 Å². The van der Waals surface area contributed by atoms with E-state index in [9.17, 15) is 4.79 Å². The number of hydrogen-bond acceptors (Lipinski definition) is 4. The Morgan fingerprint density at radius 2 is 2.08 bits per heavy atom. The minimum absolute atomic E-state index is 0.0751. The average molecular weight is 349 g/mol. The Kier molecular flexibility index (Phi) is 6.90. The predicted octanol–water partition coefficient (Wildman–Crippen LogP) is 2.75. The molecule has 3 N–H and O–H groups in total. The molecular weight excluding hydrogens is 328 g/mol. The molecule has 2 aromatic carbocycles. The van der Waals surface area contributed by atoms with Gasteiger partial charge in [0.25, 0.3) is 0 Å². The molecule has 6 heteroatoms. The number of hydrogen-bond donors (Lipinski definition) is 3. The highest BCUT2D eigenvalue weighted by molar-refractivity contribution is 6.33. The summed E-state index contributed by atoms with van der Waals surface area (Å²) in [4.78, 5) is 11.8. The van der Waals surface area contributed by atoms with Crippen molar-refractivity contribution in [2.45, 2.75) is 13.5 Å². The highest BCUT2D eigenvalue weighted by atomic mass is 35.5. The summed E-state index contributed by atoms with van der Waals surface area (Å²) in [5.74, 6) is 0.628. The lowest BCUT2D eigenvalue weighted by Gasteiger charge is -2.11. The fraction of sp³-hybridized carbons (Fsp3) is 0.278. The van der Waals surface area contributed by atoms with Crippen LogP contribution in [-0.2, 0) is 11.4 Å². The monoisotopic (exact) mass is 348 g/mol. The number of carbonyl (C=O) groups is 1. The van der Waals surface area contributed by atoms with Crippen molar-refractivity contribution in [3.8, 4) is 5.75 Å². The van der Waals surface area contributed by atoms with Gasteiger partial charge in [-0.1, -0.05) is 29.8 Å². The van der Waals surface area contributed by atoms with E-state index in [4.69, 9.17) is 21.4 Å². The first-order valence-electron chi connectivity index (χ1n) is 7.68. The van der Waals surface area contributed by atoms with Gasteiger partial charge in [0.05, 0.1) is 30.4 Å². The van der Waals surface area contributed by atoms with Crippen molar-refractivity contribution in [3.05, 3.63) is 58.6 Å². The molecular formula is C18H21ClN2O3. The van der Waals surface area contributed by atoms with Crippen molar-refractivity contribution < 1.29 is 14.6 Å². The number of ether oxygens (including phenoxy) is 1. The second-order valence-corrected chi connectivity index (χ2v) is 5.75. The SMILES string of the molecule is Cc1cccc(OCCNC(=O)CNc2cc(CO)ccc2Cl)c1. The summed E-state index contributed by atoms with van der Waals surface area (Å²) in [5, 5.41) is 15.3. The molecule has 128 valence electrons. The molecule has 2 rings (SSSR count). The maximum absolute atomic E-state index is 11.8. The molecule has 0 saturated heterocycles. The minimum atomic E-state index is -0.159. The molecule has 0 saturated carbocycles. The molecule has 2 aromatic rings. The number of aliphatic hydroxyl groups excluding tert-OH is 1. The first-order valence-corrected chi connectivity index (χ1v) is 8.05. The molecule has 0 aliphatic rings. The van der Waals surface area contributed by atoms with E-state index in [1.807, 2.05) is 31.2 Å². The molecule has 0 aliphatic heterocycles. The number of nitrogens with one attached hydrogen (secondary N) is 2. The number of halogens is 1. The molecule has 0 aliphatic carbocycles. The quantitative estimate of drug-likeness (QED) is 0.641. The Bertz CT molecular complexity index is 692. The van der Waals surface area contributed by atoms with Crippen LogP contribution in [0, 0.1) is 6.92 Å². The Morgan fingerprint density at radius 3 is 2.83 bits per heavy atom. The van der Waals surface area contributed by atoms with E-state index >= 15 is 0 Å². The van der Waals surface area contributed by atoms with Crippen LogP contribution >= 0.6 is 11.6 Å². The largest absolute Gasteiger partial charge is 0.492 e. The normalized spacial score (nSPS) is 10.3. The zero-order chi connectivity index (χ0) is 17.4. The number of anilines is 1. The van der Waals surface area contributed by atoms with E-state index in [2.05, 4.69) is 10.6 Å². The standard InChI is InChI=1S/C18H21ClN2O3/c1-13-3-2-4-15(9-13)24-8-7-20-18(23)11-21-17-10-14(12-22)5-6-16(17)19/h2-6,9-10,21-22H,7-8,11-12H2,1H3,(H,20,23). The third-order valence-corrected chi connectivity index (χ3v) is 3.66. The van der Waals surface area contributed by atoms with E-state index in [-0.39, 0.29) is 19.1 Å². The summed E-state index contributed by atoms with van der Waals surface area (Å²) in [6, 6.07) is 12.9. The molecule has 0 fully saturated rings. The maximum Gasteiger partial charge on any atom is 0.239 e. The van der Waals surface area contributed by atoms with Gasteiger partial charge in [-0.3, -0.25) is 4.79 Å². The van der Waals surface area contributed by atoms with Gasteiger partial charge in [-0.25, -0.2) is 0 Å². The molecule has 0 atom stereocenters. The Hall–Kier alpha value is -2.24. The van der Waals surface area contributed by atoms with Crippen LogP contribution in [0.4, 0.5) is 5.69 Å². The van der Waals surface area contributed by atoms with E-state index in [0.717, 1.165) is 16.9 Å². The van der Waals surface area contributed by atoms with Crippen LogP contribution in [-0.4, -0.2) is 30.7 Å². The second kappa shape index (κ2) is 9.15. The van der Waals surface area contributed by atoms with Gasteiger partial charge in [-0.15, -0.1) is 0 Å². The van der Waals surface area contributed by atoms with Crippen LogP contribution in [0.5, 0.6) is 5.75 Å². The van der Waals surface area contributed by atoms with Crippen molar-refractivity contribution in [1.29, 1.82) is 0 Å². The molecule has 0 heterocycles. The highest BCUT2D eigenvalue weighted by Crippen LogP contribution is 2.22. The summed E-state index contributed by atoms with van der Waals surface area (Å²) >= 11 is 6.05. The van der Waals surface area contributed by atoms with Gasteiger partial charge in [0.15, 0.2) is 0 Å². The zero-order valence-electron chi connectivity index (χ0n) is 13.5. The molecule has 1 amide bonds. The number of benzene rings is 2. The summed E-state index contributed by atoms with van der Waals surface area (Å²) < 4.78 is 5.57. The molecule has 0 aromatic heterocycles. The maximum atomic E-state index is 11.8. The summed E-state index contributed by atoms with van der Waals surface area (Å²) in [7, 11) is 0. The third kappa shape index (κ3) is 5.76. The summed E-state index contributed by atoms with van der Waals surface area (Å²) in [5.41, 5.74) is 2.48. The van der Waals surface area contributed by atoms with Gasteiger partial charge < -0.3 is 20.5 Å². The lowest BCUT2D eigenvalue weighted by molar-refractivity contribution is -0.119. The van der Waals surface area contributed by atoms with Crippen molar-refractivity contribution >= 4 is 23.2 Å². The molecule has 5 nitrogen and oxygen atoms in total. The van der Waals surface area contributed by atoms with Gasteiger partial charge in [0.1, 0.15) is 12.4 Å². The number of amides is 1. The van der Waals surface area contributed by atoms with Gasteiger partial charge in [0, 0.05) is 0 Å². The van der Waals surface area contributed by atoms with E-state index < -0.39 is 0 Å². The lowest BCUT2D eigenvalue weighted by atomic mass is 10.2. The van der Waals surface area contributed by atoms with E-state index in [0.29, 0.717) is 23.9 Å². The van der Waals surface area contributed by atoms with E-state index in [1.54, 1.807) is 18.2 Å². The summed E-state index contributed by atoms with van der Waals surface area (Å²) in [6.45, 7) is 2.83. The fourth-order valence-electron chi connectivity index (χ4n) is 2.11. The average Bonchev–Trinajstić information content (AvgIpc) is 2.58. The zero-order valence-corrected chi connectivity index (χ0v) is 14.3. The van der Waals surface area contributed by atoms with E-state index in [1.165, 1.54) is 0 Å². The Labute approximate surface area is 146 Å². The van der Waals surface area contributed by atoms with Crippen LogP contribution in [0.2, 0.25) is 5.02 Å². The number of aliphatic hydroxyl groups is 1. The molecule has 0 bridgehead atoms. The van der Waals surface area contributed by atoms with Gasteiger partial charge in [-0.05, 0) is 42.3 Å². The van der Waals surface area contributed by atoms with Crippen LogP contribution in [0.1, 0.15) is 11.1 Å². The summed E-state index contributed by atoms with van der Waals surface area (Å²) in [6.07, 6.45) is 0. The predicted molar refractivity (Wildman–Crippen MR) is 95.5 cm³/mol. The molecule has 0 spiro atoms. The van der Waals surface area contributed by atoms with Crippen LogP contribution in [0.15, 0.2) is 42.5 Å². The molecule has 0 radical (unpaired) electrons. The van der Waals surface area contributed by atoms with Gasteiger partial charge in [-0.2, -0.15) is 0 Å². The lowest BCUT2D eigenvalue weighted by Crippen LogP contribution is -2.33. The van der Waals surface area contributed by atoms with Crippen LogP contribution in [0.25, 0.3) is 0 Å². The van der Waals surface area contributed by atoms with Crippen LogP contribution in [0.3, 0.4) is 0 Å².